The first kappa shape index (κ1) is 27.7. The Labute approximate surface area is 232 Å². The van der Waals surface area contributed by atoms with Crippen LogP contribution in [-0.4, -0.2) is 59.4 Å². The topological polar surface area (TPSA) is 126 Å². The van der Waals surface area contributed by atoms with E-state index >= 15 is 0 Å². The number of β-amino-alcohol motifs (C(OH)–C–C–N with tert-alkyl or cyclic N) is 2. The van der Waals surface area contributed by atoms with Gasteiger partial charge in [0.15, 0.2) is 0 Å². The zero-order chi connectivity index (χ0) is 28.1. The number of hydrogen-bond acceptors (Lipinski definition) is 7. The van der Waals surface area contributed by atoms with E-state index in [9.17, 15) is 24.2 Å². The molecule has 0 radical (unpaired) electrons. The van der Waals surface area contributed by atoms with E-state index in [0.717, 1.165) is 16.8 Å². The Morgan fingerprint density at radius 2 is 1.15 bits per heavy atom. The molecule has 210 valence electrons. The van der Waals surface area contributed by atoms with Crippen LogP contribution >= 0.6 is 0 Å². The third kappa shape index (κ3) is 7.22. The quantitative estimate of drug-likeness (QED) is 0.243. The number of carbonyl (C=O) groups is 2. The molecule has 2 fully saturated rings. The Kier molecular flexibility index (Phi) is 8.71. The van der Waals surface area contributed by atoms with Gasteiger partial charge in [0.2, 0.25) is 11.8 Å². The Hall–Kier alpha value is -3.83. The maximum Gasteiger partial charge on any atom is 0.241 e. The molecule has 3 aromatic carbocycles. The van der Waals surface area contributed by atoms with Crippen LogP contribution in [-0.2, 0) is 22.7 Å². The highest BCUT2D eigenvalue weighted by Gasteiger charge is 2.29. The van der Waals surface area contributed by atoms with Crippen molar-refractivity contribution in [1.82, 2.24) is 10.6 Å². The van der Waals surface area contributed by atoms with Crippen LogP contribution in [0.3, 0.4) is 0 Å². The molecular formula is C30H34FN5O4. The van der Waals surface area contributed by atoms with Crippen molar-refractivity contribution >= 4 is 28.9 Å². The van der Waals surface area contributed by atoms with Gasteiger partial charge in [-0.25, -0.2) is 4.39 Å². The fourth-order valence-electron chi connectivity index (χ4n) is 5.01. The predicted octanol–water partition coefficient (Wildman–Crippen LogP) is 2.36. The normalized spacial score (nSPS) is 22.2. The summed E-state index contributed by atoms with van der Waals surface area (Å²) in [7, 11) is 0. The predicted molar refractivity (Wildman–Crippen MR) is 151 cm³/mol. The smallest absolute Gasteiger partial charge is 0.241 e. The van der Waals surface area contributed by atoms with Crippen molar-refractivity contribution in [3.63, 3.8) is 0 Å². The number of rotatable bonds is 9. The SMILES string of the molecule is O=C(Nc1ccc(CN(Cc2ccc(NC(=O)[C@@H]3C[C@H](O)CN3)cc2)c2ccc(F)cc2)cc1)C1C[C@H](O)CN1. The molecule has 1 unspecified atom stereocenters. The minimum Gasteiger partial charge on any atom is -0.392 e. The molecule has 2 aliphatic heterocycles. The van der Waals surface area contributed by atoms with E-state index in [1.54, 1.807) is 12.1 Å². The summed E-state index contributed by atoms with van der Waals surface area (Å²) in [6.07, 6.45) is -0.221. The van der Waals surface area contributed by atoms with Crippen molar-refractivity contribution in [2.45, 2.75) is 50.2 Å². The van der Waals surface area contributed by atoms with Crippen LogP contribution in [0.5, 0.6) is 0 Å². The first-order chi connectivity index (χ1) is 19.3. The number of carbonyl (C=O) groups excluding carboxylic acids is 2. The van der Waals surface area contributed by atoms with Crippen molar-refractivity contribution < 1.29 is 24.2 Å². The van der Waals surface area contributed by atoms with Crippen LogP contribution < -0.4 is 26.2 Å². The summed E-state index contributed by atoms with van der Waals surface area (Å²) in [5.74, 6) is -0.652. The number of nitrogens with one attached hydrogen (secondary N) is 4. The molecule has 2 heterocycles. The van der Waals surface area contributed by atoms with E-state index in [2.05, 4.69) is 26.2 Å². The molecule has 6 N–H and O–H groups in total. The number of nitrogens with zero attached hydrogens (tertiary/aromatic N) is 1. The third-order valence-electron chi connectivity index (χ3n) is 7.23. The number of aliphatic hydroxyl groups excluding tert-OH is 2. The van der Waals surface area contributed by atoms with Gasteiger partial charge in [0.05, 0.1) is 24.3 Å². The second-order valence-electron chi connectivity index (χ2n) is 10.4. The van der Waals surface area contributed by atoms with Gasteiger partial charge in [-0.1, -0.05) is 24.3 Å². The van der Waals surface area contributed by atoms with Gasteiger partial charge in [-0.05, 0) is 72.5 Å². The number of benzene rings is 3. The highest BCUT2D eigenvalue weighted by molar-refractivity contribution is 5.95. The standard InChI is InChI=1S/C30H34FN5O4/c31-21-5-11-24(12-6-21)36(17-19-1-7-22(8-2-19)34-29(39)27-13-25(37)15-32-27)18-20-3-9-23(10-4-20)35-30(40)28-14-26(38)16-33-28/h1-12,25-28,32-33,37-38H,13-18H2,(H,34,39)(H,35,40)/t25-,26-,27-,28?/m0/s1. The maximum atomic E-state index is 13.6. The van der Waals surface area contributed by atoms with E-state index in [1.807, 2.05) is 48.5 Å². The summed E-state index contributed by atoms with van der Waals surface area (Å²) < 4.78 is 13.6. The minimum atomic E-state index is -0.505. The van der Waals surface area contributed by atoms with Crippen molar-refractivity contribution in [2.24, 2.45) is 0 Å². The van der Waals surface area contributed by atoms with Crippen LogP contribution in [0.25, 0.3) is 0 Å². The van der Waals surface area contributed by atoms with Crippen LogP contribution in [0.4, 0.5) is 21.5 Å². The molecule has 3 aromatic rings. The number of amides is 2. The van der Waals surface area contributed by atoms with Crippen LogP contribution in [0.1, 0.15) is 24.0 Å². The summed E-state index contributed by atoms with van der Waals surface area (Å²) in [6, 6.07) is 20.7. The number of halogens is 1. The molecule has 5 rings (SSSR count). The van der Waals surface area contributed by atoms with E-state index in [0.29, 0.717) is 50.4 Å². The van der Waals surface area contributed by atoms with Gasteiger partial charge in [0.25, 0.3) is 0 Å². The molecule has 2 saturated heterocycles. The summed E-state index contributed by atoms with van der Waals surface area (Å²) in [6.45, 7) is 1.92. The minimum absolute atomic E-state index is 0.172. The molecule has 10 heteroatoms. The summed E-state index contributed by atoms with van der Waals surface area (Å²) in [4.78, 5) is 27.0. The van der Waals surface area contributed by atoms with Crippen molar-refractivity contribution in [2.75, 3.05) is 28.6 Å². The monoisotopic (exact) mass is 547 g/mol. The molecule has 0 bridgehead atoms. The zero-order valence-corrected chi connectivity index (χ0v) is 22.0. The largest absolute Gasteiger partial charge is 0.392 e. The van der Waals surface area contributed by atoms with Gasteiger partial charge in [0.1, 0.15) is 5.82 Å². The zero-order valence-electron chi connectivity index (χ0n) is 22.0. The summed E-state index contributed by atoms with van der Waals surface area (Å²) >= 11 is 0. The Balaban J connectivity index is 1.23. The van der Waals surface area contributed by atoms with Crippen molar-refractivity contribution in [3.8, 4) is 0 Å². The second kappa shape index (κ2) is 12.6. The van der Waals surface area contributed by atoms with Crippen molar-refractivity contribution in [3.05, 3.63) is 89.7 Å². The van der Waals surface area contributed by atoms with Gasteiger partial charge in [-0.15, -0.1) is 0 Å². The van der Waals surface area contributed by atoms with E-state index < -0.39 is 24.3 Å². The molecule has 2 aliphatic rings. The molecule has 0 saturated carbocycles. The van der Waals surface area contributed by atoms with Gasteiger partial charge in [-0.2, -0.15) is 0 Å². The third-order valence-corrected chi connectivity index (χ3v) is 7.23. The molecular weight excluding hydrogens is 513 g/mol. The average molecular weight is 548 g/mol. The lowest BCUT2D eigenvalue weighted by Crippen LogP contribution is -2.35. The molecule has 2 amide bonds. The summed E-state index contributed by atoms with van der Waals surface area (Å²) in [5, 5.41) is 31.1. The average Bonchev–Trinajstić information content (AvgIpc) is 3.59. The Morgan fingerprint density at radius 3 is 1.52 bits per heavy atom. The fourth-order valence-corrected chi connectivity index (χ4v) is 5.01. The van der Waals surface area contributed by atoms with Crippen LogP contribution in [0.2, 0.25) is 0 Å². The number of aliphatic hydroxyl groups is 2. The molecule has 9 nitrogen and oxygen atoms in total. The van der Waals surface area contributed by atoms with E-state index in [-0.39, 0.29) is 17.6 Å². The van der Waals surface area contributed by atoms with E-state index in [1.165, 1.54) is 12.1 Å². The van der Waals surface area contributed by atoms with Gasteiger partial charge in [0, 0.05) is 43.2 Å². The lowest BCUT2D eigenvalue weighted by molar-refractivity contribution is -0.118. The summed E-state index contributed by atoms with van der Waals surface area (Å²) in [5.41, 5.74) is 4.21. The fraction of sp³-hybridized carbons (Fsp3) is 0.333. The number of anilines is 3. The molecule has 4 atom stereocenters. The maximum absolute atomic E-state index is 13.6. The van der Waals surface area contributed by atoms with Gasteiger partial charge in [-0.3, -0.25) is 9.59 Å². The first-order valence-electron chi connectivity index (χ1n) is 13.5. The van der Waals surface area contributed by atoms with Crippen LogP contribution in [0.15, 0.2) is 72.8 Å². The number of hydrogen-bond donors (Lipinski definition) is 6. The van der Waals surface area contributed by atoms with Crippen LogP contribution in [0, 0.1) is 5.82 Å². The van der Waals surface area contributed by atoms with Gasteiger partial charge < -0.3 is 36.4 Å². The molecule has 0 aromatic heterocycles. The lowest BCUT2D eigenvalue weighted by atomic mass is 10.1. The molecule has 0 aliphatic carbocycles. The molecule has 0 spiro atoms. The Morgan fingerprint density at radius 1 is 0.725 bits per heavy atom. The van der Waals surface area contributed by atoms with Crippen molar-refractivity contribution in [1.29, 1.82) is 0 Å². The lowest BCUT2D eigenvalue weighted by Gasteiger charge is -2.25. The highest BCUT2D eigenvalue weighted by Crippen LogP contribution is 2.23. The Bertz CT molecular complexity index is 1220. The first-order valence-corrected chi connectivity index (χ1v) is 13.5. The van der Waals surface area contributed by atoms with Gasteiger partial charge >= 0.3 is 0 Å². The molecule has 40 heavy (non-hydrogen) atoms. The van der Waals surface area contributed by atoms with E-state index in [4.69, 9.17) is 0 Å². The highest BCUT2D eigenvalue weighted by atomic mass is 19.1. The second-order valence-corrected chi connectivity index (χ2v) is 10.4.